The number of aromatic nitrogens is 1. The van der Waals surface area contributed by atoms with Gasteiger partial charge in [0.15, 0.2) is 0 Å². The van der Waals surface area contributed by atoms with Crippen LogP contribution in [0.15, 0.2) is 12.1 Å². The van der Waals surface area contributed by atoms with E-state index in [1.165, 1.54) is 18.4 Å². The molecule has 0 unspecified atom stereocenters. The lowest BCUT2D eigenvalue weighted by Gasteiger charge is -2.17. The highest BCUT2D eigenvalue weighted by Crippen LogP contribution is 2.24. The lowest BCUT2D eigenvalue weighted by Crippen LogP contribution is -2.19. The molecule has 1 aromatic heterocycles. The van der Waals surface area contributed by atoms with Crippen LogP contribution in [0.4, 0.5) is 5.82 Å². The van der Waals surface area contributed by atoms with Crippen molar-refractivity contribution in [2.45, 2.75) is 19.4 Å². The predicted molar refractivity (Wildman–Crippen MR) is 62.9 cm³/mol. The van der Waals surface area contributed by atoms with Crippen molar-refractivity contribution in [3.63, 3.8) is 0 Å². The molecule has 0 bridgehead atoms. The molecule has 16 heavy (non-hydrogen) atoms. The van der Waals surface area contributed by atoms with Crippen LogP contribution in [0.5, 0.6) is 5.88 Å². The largest absolute Gasteiger partial charge is 0.476 e. The fourth-order valence-corrected chi connectivity index (χ4v) is 2.28. The number of hydrogen-bond acceptors (Lipinski definition) is 4. The van der Waals surface area contributed by atoms with Crippen LogP contribution >= 0.6 is 0 Å². The minimum absolute atomic E-state index is 0.712. The Balaban J connectivity index is 1.88. The Hall–Kier alpha value is -1.29. The SMILES string of the molecule is c1cc2c(nc1N1CCCC1)OCCNC2. The number of hydrogen-bond donors (Lipinski definition) is 1. The summed E-state index contributed by atoms with van der Waals surface area (Å²) < 4.78 is 5.65. The maximum Gasteiger partial charge on any atom is 0.219 e. The first-order chi connectivity index (χ1) is 7.93. The molecule has 0 atom stereocenters. The van der Waals surface area contributed by atoms with Gasteiger partial charge in [-0.15, -0.1) is 0 Å². The maximum absolute atomic E-state index is 5.65. The van der Waals surface area contributed by atoms with E-state index in [9.17, 15) is 0 Å². The van der Waals surface area contributed by atoms with E-state index in [2.05, 4.69) is 27.3 Å². The zero-order chi connectivity index (χ0) is 10.8. The molecule has 0 spiro atoms. The van der Waals surface area contributed by atoms with Crippen LogP contribution in [0.2, 0.25) is 0 Å². The summed E-state index contributed by atoms with van der Waals surface area (Å²) in [6, 6.07) is 4.24. The minimum Gasteiger partial charge on any atom is -0.476 e. The highest BCUT2D eigenvalue weighted by atomic mass is 16.5. The molecule has 4 nitrogen and oxygen atoms in total. The molecule has 4 heteroatoms. The summed E-state index contributed by atoms with van der Waals surface area (Å²) in [7, 11) is 0. The molecule has 0 radical (unpaired) electrons. The summed E-state index contributed by atoms with van der Waals surface area (Å²) >= 11 is 0. The average Bonchev–Trinajstić information content (AvgIpc) is 2.74. The molecule has 2 aliphatic heterocycles. The highest BCUT2D eigenvalue weighted by Gasteiger charge is 2.16. The van der Waals surface area contributed by atoms with Gasteiger partial charge >= 0.3 is 0 Å². The van der Waals surface area contributed by atoms with Gasteiger partial charge in [0.2, 0.25) is 5.88 Å². The number of fused-ring (bicyclic) bond motifs is 1. The zero-order valence-corrected chi connectivity index (χ0v) is 9.41. The van der Waals surface area contributed by atoms with E-state index in [0.29, 0.717) is 6.61 Å². The molecule has 1 fully saturated rings. The van der Waals surface area contributed by atoms with Crippen LogP contribution in [0.3, 0.4) is 0 Å². The van der Waals surface area contributed by atoms with Gasteiger partial charge in [0.1, 0.15) is 12.4 Å². The number of anilines is 1. The molecular weight excluding hydrogens is 202 g/mol. The molecule has 0 aromatic carbocycles. The molecular formula is C12H17N3O. The molecule has 3 rings (SSSR count). The average molecular weight is 219 g/mol. The lowest BCUT2D eigenvalue weighted by molar-refractivity contribution is 0.314. The summed E-state index contributed by atoms with van der Waals surface area (Å²) in [5.41, 5.74) is 1.17. The third-order valence-corrected chi connectivity index (χ3v) is 3.19. The Morgan fingerprint density at radius 2 is 2.12 bits per heavy atom. The topological polar surface area (TPSA) is 37.4 Å². The van der Waals surface area contributed by atoms with Gasteiger partial charge in [-0.05, 0) is 25.0 Å². The standard InChI is InChI=1S/C12H17N3O/c1-2-7-15(6-1)11-4-3-10-9-13-5-8-16-12(10)14-11/h3-4,13H,1-2,5-9H2. The van der Waals surface area contributed by atoms with E-state index in [1.54, 1.807) is 0 Å². The van der Waals surface area contributed by atoms with E-state index in [1.807, 2.05) is 0 Å². The first-order valence-electron chi connectivity index (χ1n) is 6.02. The van der Waals surface area contributed by atoms with E-state index in [4.69, 9.17) is 4.74 Å². The monoisotopic (exact) mass is 219 g/mol. The summed E-state index contributed by atoms with van der Waals surface area (Å²) in [5, 5.41) is 3.31. The van der Waals surface area contributed by atoms with Crippen molar-refractivity contribution in [3.05, 3.63) is 17.7 Å². The Kier molecular flexibility index (Phi) is 2.66. The summed E-state index contributed by atoms with van der Waals surface area (Å²) in [6.45, 7) is 4.73. The molecule has 86 valence electrons. The number of ether oxygens (including phenoxy) is 1. The maximum atomic E-state index is 5.65. The van der Waals surface area contributed by atoms with Gasteiger partial charge in [-0.25, -0.2) is 0 Å². The van der Waals surface area contributed by atoms with Gasteiger partial charge < -0.3 is 15.0 Å². The number of nitrogens with zero attached hydrogens (tertiary/aromatic N) is 2. The van der Waals surface area contributed by atoms with Crippen molar-refractivity contribution >= 4 is 5.82 Å². The summed E-state index contributed by atoms with van der Waals surface area (Å²) in [4.78, 5) is 6.95. The van der Waals surface area contributed by atoms with Crippen molar-refractivity contribution in [2.75, 3.05) is 31.1 Å². The van der Waals surface area contributed by atoms with E-state index < -0.39 is 0 Å². The highest BCUT2D eigenvalue weighted by molar-refractivity contribution is 5.44. The van der Waals surface area contributed by atoms with Gasteiger partial charge in [0.05, 0.1) is 0 Å². The zero-order valence-electron chi connectivity index (χ0n) is 9.41. The predicted octanol–water partition coefficient (Wildman–Crippen LogP) is 1.16. The van der Waals surface area contributed by atoms with Crippen molar-refractivity contribution in [1.29, 1.82) is 0 Å². The van der Waals surface area contributed by atoms with Crippen molar-refractivity contribution in [1.82, 2.24) is 10.3 Å². The van der Waals surface area contributed by atoms with Crippen LogP contribution in [-0.4, -0.2) is 31.2 Å². The third-order valence-electron chi connectivity index (χ3n) is 3.19. The Labute approximate surface area is 95.6 Å². The number of nitrogens with one attached hydrogen (secondary N) is 1. The molecule has 0 aliphatic carbocycles. The smallest absolute Gasteiger partial charge is 0.219 e. The molecule has 1 saturated heterocycles. The van der Waals surface area contributed by atoms with Gasteiger partial charge in [-0.3, -0.25) is 0 Å². The van der Waals surface area contributed by atoms with E-state index >= 15 is 0 Å². The van der Waals surface area contributed by atoms with Crippen molar-refractivity contribution < 1.29 is 4.74 Å². The van der Waals surface area contributed by atoms with Gasteiger partial charge in [-0.1, -0.05) is 0 Å². The van der Waals surface area contributed by atoms with Gasteiger partial charge in [-0.2, -0.15) is 4.98 Å². The molecule has 1 aromatic rings. The Bertz CT molecular complexity index is 375. The van der Waals surface area contributed by atoms with Crippen LogP contribution in [0.1, 0.15) is 18.4 Å². The van der Waals surface area contributed by atoms with Crippen LogP contribution in [0, 0.1) is 0 Å². The molecule has 0 saturated carbocycles. The summed E-state index contributed by atoms with van der Waals surface area (Å²) in [6.07, 6.45) is 2.56. The van der Waals surface area contributed by atoms with Crippen molar-refractivity contribution in [2.24, 2.45) is 0 Å². The normalized spacial score (nSPS) is 20.1. The second-order valence-electron chi connectivity index (χ2n) is 4.35. The van der Waals surface area contributed by atoms with E-state index in [0.717, 1.165) is 37.9 Å². The number of rotatable bonds is 1. The third kappa shape index (κ3) is 1.85. The quantitative estimate of drug-likeness (QED) is 0.769. The first kappa shape index (κ1) is 9.90. The number of pyridine rings is 1. The Morgan fingerprint density at radius 1 is 1.25 bits per heavy atom. The van der Waals surface area contributed by atoms with Crippen molar-refractivity contribution in [3.8, 4) is 5.88 Å². The second kappa shape index (κ2) is 4.29. The molecule has 3 heterocycles. The van der Waals surface area contributed by atoms with Gasteiger partial charge in [0, 0.05) is 31.7 Å². The molecule has 1 N–H and O–H groups in total. The van der Waals surface area contributed by atoms with Crippen LogP contribution in [0.25, 0.3) is 0 Å². The van der Waals surface area contributed by atoms with Crippen LogP contribution < -0.4 is 15.0 Å². The first-order valence-corrected chi connectivity index (χ1v) is 6.02. The minimum atomic E-state index is 0.712. The fourth-order valence-electron chi connectivity index (χ4n) is 2.28. The van der Waals surface area contributed by atoms with Crippen LogP contribution in [-0.2, 0) is 6.54 Å². The molecule has 0 amide bonds. The summed E-state index contributed by atoms with van der Waals surface area (Å²) in [5.74, 6) is 1.88. The Morgan fingerprint density at radius 3 is 3.00 bits per heavy atom. The molecule has 2 aliphatic rings. The lowest BCUT2D eigenvalue weighted by atomic mass is 10.2. The second-order valence-corrected chi connectivity index (χ2v) is 4.35. The van der Waals surface area contributed by atoms with Gasteiger partial charge in [0.25, 0.3) is 0 Å². The van der Waals surface area contributed by atoms with E-state index in [-0.39, 0.29) is 0 Å². The fraction of sp³-hybridized carbons (Fsp3) is 0.583.